The molecule has 1 saturated carbocycles. The molecule has 1 aliphatic rings. The lowest BCUT2D eigenvalue weighted by Gasteiger charge is -2.27. The largest absolute Gasteiger partial charge is 0.459 e. The number of rotatable bonds is 14. The molecule has 0 bridgehead atoms. The molecule has 1 fully saturated rings. The van der Waals surface area contributed by atoms with E-state index in [1.807, 2.05) is 0 Å². The molecule has 0 atom stereocenters. The SMILES string of the molecule is C=C(F)C(=O)OCOc1ccc(/C=C\C(=O)OC2CCC(OC(=O)/C=C\c3ccc(OCOC(=O)C(=C)F)cc3F)CC2)c(F)c1. The van der Waals surface area contributed by atoms with Gasteiger partial charge >= 0.3 is 23.9 Å². The van der Waals surface area contributed by atoms with Crippen LogP contribution >= 0.6 is 0 Å². The quantitative estimate of drug-likeness (QED) is 0.0815. The monoisotopic (exact) mass is 648 g/mol. The first-order chi connectivity index (χ1) is 21.9. The molecule has 10 nitrogen and oxygen atoms in total. The van der Waals surface area contributed by atoms with Crippen LogP contribution in [0.3, 0.4) is 0 Å². The Morgan fingerprint density at radius 3 is 1.37 bits per heavy atom. The topological polar surface area (TPSA) is 124 Å². The van der Waals surface area contributed by atoms with Gasteiger partial charge < -0.3 is 28.4 Å². The molecule has 0 radical (unpaired) electrons. The third-order valence-corrected chi connectivity index (χ3v) is 6.20. The third kappa shape index (κ3) is 11.6. The first-order valence-corrected chi connectivity index (χ1v) is 13.6. The summed E-state index contributed by atoms with van der Waals surface area (Å²) in [5, 5.41) is 0. The van der Waals surface area contributed by atoms with Crippen LogP contribution in [0.15, 0.2) is 73.4 Å². The molecule has 0 unspecified atom stereocenters. The molecule has 3 rings (SSSR count). The second kappa shape index (κ2) is 17.2. The summed E-state index contributed by atoms with van der Waals surface area (Å²) in [7, 11) is 0. The van der Waals surface area contributed by atoms with E-state index in [1.165, 1.54) is 36.4 Å². The van der Waals surface area contributed by atoms with Gasteiger partial charge in [-0.25, -0.2) is 28.0 Å². The Morgan fingerprint density at radius 1 is 0.674 bits per heavy atom. The maximum atomic E-state index is 14.3. The van der Waals surface area contributed by atoms with Crippen molar-refractivity contribution in [2.75, 3.05) is 13.6 Å². The van der Waals surface area contributed by atoms with Crippen LogP contribution in [0.1, 0.15) is 36.8 Å². The Bertz CT molecular complexity index is 1410. The molecule has 0 aliphatic heterocycles. The maximum Gasteiger partial charge on any atom is 0.369 e. The minimum Gasteiger partial charge on any atom is -0.459 e. The van der Waals surface area contributed by atoms with Crippen LogP contribution in [0.4, 0.5) is 17.6 Å². The lowest BCUT2D eigenvalue weighted by Crippen LogP contribution is -2.29. The summed E-state index contributed by atoms with van der Waals surface area (Å²) in [6.07, 6.45) is 5.28. The molecule has 1 aliphatic carbocycles. The molecule has 0 N–H and O–H groups in total. The molecule has 2 aromatic rings. The summed E-state index contributed by atoms with van der Waals surface area (Å²) in [6, 6.07) is 7.30. The highest BCUT2D eigenvalue weighted by atomic mass is 19.1. The number of halogens is 4. The Balaban J connectivity index is 1.38. The zero-order valence-corrected chi connectivity index (χ0v) is 24.2. The van der Waals surface area contributed by atoms with Crippen molar-refractivity contribution < 1.29 is 65.2 Å². The zero-order chi connectivity index (χ0) is 33.6. The van der Waals surface area contributed by atoms with Crippen molar-refractivity contribution in [3.8, 4) is 11.5 Å². The second-order valence-corrected chi connectivity index (χ2v) is 9.50. The number of ether oxygens (including phenoxy) is 6. The molecule has 46 heavy (non-hydrogen) atoms. The van der Waals surface area contributed by atoms with E-state index in [1.54, 1.807) is 0 Å². The van der Waals surface area contributed by atoms with Crippen molar-refractivity contribution in [1.82, 2.24) is 0 Å². The summed E-state index contributed by atoms with van der Waals surface area (Å²) >= 11 is 0. The molecule has 14 heteroatoms. The van der Waals surface area contributed by atoms with Crippen molar-refractivity contribution in [2.24, 2.45) is 0 Å². The summed E-state index contributed by atoms with van der Waals surface area (Å²) in [6.45, 7) is 4.23. The van der Waals surface area contributed by atoms with Crippen molar-refractivity contribution in [3.63, 3.8) is 0 Å². The number of benzene rings is 2. The highest BCUT2D eigenvalue weighted by Crippen LogP contribution is 2.25. The minimum absolute atomic E-state index is 0.00116. The normalized spacial score (nSPS) is 16.0. The van der Waals surface area contributed by atoms with Gasteiger partial charge in [-0.15, -0.1) is 0 Å². The fourth-order valence-corrected chi connectivity index (χ4v) is 3.91. The molecule has 2 aromatic carbocycles. The van der Waals surface area contributed by atoms with Gasteiger partial charge in [0.2, 0.25) is 25.2 Å². The van der Waals surface area contributed by atoms with Crippen molar-refractivity contribution in [3.05, 3.63) is 96.1 Å². The predicted molar refractivity (Wildman–Crippen MR) is 153 cm³/mol. The zero-order valence-electron chi connectivity index (χ0n) is 24.2. The number of carbonyl (C=O) groups excluding carboxylic acids is 4. The summed E-state index contributed by atoms with van der Waals surface area (Å²) in [5.74, 6) is -8.09. The van der Waals surface area contributed by atoms with E-state index in [2.05, 4.69) is 22.6 Å². The van der Waals surface area contributed by atoms with Crippen LogP contribution in [0.5, 0.6) is 11.5 Å². The van der Waals surface area contributed by atoms with E-state index in [0.29, 0.717) is 25.7 Å². The van der Waals surface area contributed by atoms with Crippen molar-refractivity contribution >= 4 is 36.0 Å². The number of hydrogen-bond donors (Lipinski definition) is 0. The smallest absolute Gasteiger partial charge is 0.369 e. The van der Waals surface area contributed by atoms with Crippen LogP contribution < -0.4 is 9.47 Å². The third-order valence-electron chi connectivity index (χ3n) is 6.20. The number of hydrogen-bond acceptors (Lipinski definition) is 10. The van der Waals surface area contributed by atoms with E-state index in [0.717, 1.165) is 24.3 Å². The average Bonchev–Trinajstić information content (AvgIpc) is 3.01. The fraction of sp³-hybridized carbons (Fsp3) is 0.250. The van der Waals surface area contributed by atoms with Crippen LogP contribution in [0, 0.1) is 11.6 Å². The Morgan fingerprint density at radius 2 is 1.04 bits per heavy atom. The van der Waals surface area contributed by atoms with Gasteiger partial charge in [-0.1, -0.05) is 13.2 Å². The van der Waals surface area contributed by atoms with Crippen LogP contribution in [0.25, 0.3) is 12.2 Å². The lowest BCUT2D eigenvalue weighted by molar-refractivity contribution is -0.151. The van der Waals surface area contributed by atoms with E-state index in [9.17, 15) is 36.7 Å². The van der Waals surface area contributed by atoms with E-state index in [4.69, 9.17) is 18.9 Å². The molecule has 0 spiro atoms. The Hall–Kier alpha value is -5.40. The fourth-order valence-electron chi connectivity index (χ4n) is 3.91. The minimum atomic E-state index is -1.30. The van der Waals surface area contributed by atoms with Crippen molar-refractivity contribution in [2.45, 2.75) is 37.9 Å². The molecule has 0 aromatic heterocycles. The molecule has 244 valence electrons. The Kier molecular flexibility index (Phi) is 13.1. The van der Waals surface area contributed by atoms with Gasteiger partial charge in [0.15, 0.2) is 0 Å². The molecule has 0 heterocycles. The predicted octanol–water partition coefficient (Wildman–Crippen LogP) is 5.81. The van der Waals surface area contributed by atoms with E-state index >= 15 is 0 Å². The summed E-state index contributed by atoms with van der Waals surface area (Å²) in [5.41, 5.74) is 0.103. The molecular weight excluding hydrogens is 620 g/mol. The van der Waals surface area contributed by atoms with Gasteiger partial charge in [0.05, 0.1) is 0 Å². The van der Waals surface area contributed by atoms with Gasteiger partial charge in [0.25, 0.3) is 0 Å². The van der Waals surface area contributed by atoms with Gasteiger partial charge in [0.1, 0.15) is 35.3 Å². The van der Waals surface area contributed by atoms with Crippen molar-refractivity contribution in [1.29, 1.82) is 0 Å². The van der Waals surface area contributed by atoms with Crippen LogP contribution in [-0.2, 0) is 38.1 Å². The van der Waals surface area contributed by atoms with E-state index < -0.39 is 73.0 Å². The lowest BCUT2D eigenvalue weighted by atomic mass is 9.95. The van der Waals surface area contributed by atoms with Gasteiger partial charge in [0, 0.05) is 35.4 Å². The Labute approximate surface area is 260 Å². The number of esters is 4. The maximum absolute atomic E-state index is 14.3. The van der Waals surface area contributed by atoms with Crippen LogP contribution in [0.2, 0.25) is 0 Å². The van der Waals surface area contributed by atoms with E-state index in [-0.39, 0.29) is 22.6 Å². The molecular formula is C32H28F4O10. The molecule has 0 saturated heterocycles. The highest BCUT2D eigenvalue weighted by Gasteiger charge is 2.25. The first kappa shape index (κ1) is 35.1. The standard InChI is InChI=1S/C32H28F4O10/c1-19(33)31(39)43-17-41-25-7-3-21(27(35)15-25)5-13-29(37)45-23-9-11-24(12-10-23)46-30(38)14-6-22-4-8-26(16-28(22)36)42-18-44-32(40)20(2)34/h3-8,13-16,23-24H,1-2,9-12,17-18H2/b13-5-,14-6-. The summed E-state index contributed by atoms with van der Waals surface area (Å²) < 4.78 is 83.4. The highest BCUT2D eigenvalue weighted by molar-refractivity contribution is 5.88. The van der Waals surface area contributed by atoms with Gasteiger partial charge in [-0.3, -0.25) is 0 Å². The van der Waals surface area contributed by atoms with Gasteiger partial charge in [-0.05, 0) is 62.1 Å². The molecule has 0 amide bonds. The summed E-state index contributed by atoms with van der Waals surface area (Å²) in [4.78, 5) is 46.4. The van der Waals surface area contributed by atoms with Gasteiger partial charge in [-0.2, -0.15) is 8.78 Å². The average molecular weight is 649 g/mol. The second-order valence-electron chi connectivity index (χ2n) is 9.50. The number of carbonyl (C=O) groups is 4. The first-order valence-electron chi connectivity index (χ1n) is 13.6. The van der Waals surface area contributed by atoms with Crippen LogP contribution in [-0.4, -0.2) is 49.7 Å².